The molecule has 1 amide bonds. The number of nitrogens with one attached hydrogen (secondary N) is 2. The van der Waals surface area contributed by atoms with Crippen molar-refractivity contribution in [2.45, 2.75) is 51.8 Å². The molecule has 1 aromatic heterocycles. The first-order chi connectivity index (χ1) is 9.35. The van der Waals surface area contributed by atoms with Crippen molar-refractivity contribution >= 4 is 6.09 Å². The molecule has 0 spiro atoms. The van der Waals surface area contributed by atoms with Crippen LogP contribution in [0.1, 0.15) is 45.9 Å². The predicted molar refractivity (Wildman–Crippen MR) is 78.6 cm³/mol. The van der Waals surface area contributed by atoms with Crippen molar-refractivity contribution in [2.75, 3.05) is 13.1 Å². The predicted octanol–water partition coefficient (Wildman–Crippen LogP) is 2.67. The van der Waals surface area contributed by atoms with E-state index in [4.69, 9.17) is 4.74 Å². The molecule has 2 N–H and O–H groups in total. The van der Waals surface area contributed by atoms with Crippen molar-refractivity contribution in [2.24, 2.45) is 0 Å². The Morgan fingerprint density at radius 2 is 2.30 bits per heavy atom. The summed E-state index contributed by atoms with van der Waals surface area (Å²) in [5.41, 5.74) is 0.737. The van der Waals surface area contributed by atoms with E-state index in [2.05, 4.69) is 23.3 Å². The number of nitrogens with zero attached hydrogens (tertiary/aromatic N) is 1. The lowest BCUT2D eigenvalue weighted by Crippen LogP contribution is -2.39. The van der Waals surface area contributed by atoms with Crippen LogP contribution in [0.3, 0.4) is 0 Å². The maximum atomic E-state index is 12.0. The molecule has 0 aliphatic carbocycles. The second-order valence-electron chi connectivity index (χ2n) is 6.43. The van der Waals surface area contributed by atoms with Crippen molar-refractivity contribution in [3.05, 3.63) is 24.0 Å². The molecule has 2 atom stereocenters. The molecule has 2 rings (SSSR count). The lowest BCUT2D eigenvalue weighted by molar-refractivity contribution is 0.0290. The number of carbonyl (C=O) groups excluding carboxylic acids is 1. The van der Waals surface area contributed by atoms with Gasteiger partial charge in [-0.2, -0.15) is 0 Å². The highest BCUT2D eigenvalue weighted by atomic mass is 16.6. The fraction of sp³-hybridized carbons (Fsp3) is 0.667. The van der Waals surface area contributed by atoms with Crippen molar-refractivity contribution in [1.29, 1.82) is 0 Å². The summed E-state index contributed by atoms with van der Waals surface area (Å²) in [5, 5.41) is 3.55. The fourth-order valence-electron chi connectivity index (χ4n) is 2.45. The Hall–Kier alpha value is -1.49. The molecular weight excluding hydrogens is 254 g/mol. The number of hydrogen-bond acceptors (Lipinski definition) is 3. The van der Waals surface area contributed by atoms with E-state index in [0.29, 0.717) is 12.6 Å². The Balaban J connectivity index is 1.82. The summed E-state index contributed by atoms with van der Waals surface area (Å²) in [4.78, 5) is 17.0. The van der Waals surface area contributed by atoms with Gasteiger partial charge in [0.25, 0.3) is 0 Å². The lowest BCUT2D eigenvalue weighted by Gasteiger charge is -2.25. The van der Waals surface area contributed by atoms with Crippen LogP contribution in [-0.2, 0) is 4.74 Å². The highest BCUT2D eigenvalue weighted by Crippen LogP contribution is 2.18. The van der Waals surface area contributed by atoms with Gasteiger partial charge in [0.1, 0.15) is 5.60 Å². The molecule has 2 unspecified atom stereocenters. The molecule has 1 aromatic rings. The first-order valence-electron chi connectivity index (χ1n) is 7.22. The first-order valence-corrected chi connectivity index (χ1v) is 7.22. The van der Waals surface area contributed by atoms with Crippen LogP contribution in [0.25, 0.3) is 0 Å². The SMILES string of the molecule is CC(NC1CCN(C(=O)OC(C)(C)C)C1)c1ccc[nH]1. The Morgan fingerprint density at radius 3 is 2.90 bits per heavy atom. The lowest BCUT2D eigenvalue weighted by atomic mass is 10.2. The number of aromatic nitrogens is 1. The molecule has 1 fully saturated rings. The van der Waals surface area contributed by atoms with E-state index in [1.54, 1.807) is 4.90 Å². The van der Waals surface area contributed by atoms with E-state index in [-0.39, 0.29) is 12.1 Å². The minimum Gasteiger partial charge on any atom is -0.444 e. The van der Waals surface area contributed by atoms with Crippen LogP contribution in [0.15, 0.2) is 18.3 Å². The van der Waals surface area contributed by atoms with Gasteiger partial charge in [-0.3, -0.25) is 0 Å². The van der Waals surface area contributed by atoms with Gasteiger partial charge < -0.3 is 19.9 Å². The van der Waals surface area contributed by atoms with Crippen LogP contribution in [0, 0.1) is 0 Å². The molecule has 1 aliphatic rings. The van der Waals surface area contributed by atoms with Crippen molar-refractivity contribution < 1.29 is 9.53 Å². The standard InChI is InChI=1S/C15H25N3O2/c1-11(13-6-5-8-16-13)17-12-7-9-18(10-12)14(19)20-15(2,3)4/h5-6,8,11-12,16-17H,7,9-10H2,1-4H3. The molecule has 0 bridgehead atoms. The molecule has 0 saturated carbocycles. The Labute approximate surface area is 120 Å². The molecule has 2 heterocycles. The van der Waals surface area contributed by atoms with Crippen LogP contribution in [0.5, 0.6) is 0 Å². The quantitative estimate of drug-likeness (QED) is 0.894. The van der Waals surface area contributed by atoms with E-state index in [9.17, 15) is 4.79 Å². The molecule has 0 radical (unpaired) electrons. The topological polar surface area (TPSA) is 57.4 Å². The average molecular weight is 279 g/mol. The third kappa shape index (κ3) is 4.00. The minimum absolute atomic E-state index is 0.214. The number of rotatable bonds is 3. The van der Waals surface area contributed by atoms with E-state index < -0.39 is 5.60 Å². The van der Waals surface area contributed by atoms with Gasteiger partial charge >= 0.3 is 6.09 Å². The van der Waals surface area contributed by atoms with Gasteiger partial charge in [0.05, 0.1) is 0 Å². The molecule has 5 nitrogen and oxygen atoms in total. The monoisotopic (exact) mass is 279 g/mol. The number of ether oxygens (including phenoxy) is 1. The van der Waals surface area contributed by atoms with Crippen LogP contribution in [0.4, 0.5) is 4.79 Å². The third-order valence-electron chi connectivity index (χ3n) is 3.41. The van der Waals surface area contributed by atoms with Gasteiger partial charge in [-0.15, -0.1) is 0 Å². The number of aromatic amines is 1. The van der Waals surface area contributed by atoms with Crippen molar-refractivity contribution in [3.63, 3.8) is 0 Å². The second-order valence-corrected chi connectivity index (χ2v) is 6.43. The zero-order valence-electron chi connectivity index (χ0n) is 12.8. The summed E-state index contributed by atoms with van der Waals surface area (Å²) in [5.74, 6) is 0. The highest BCUT2D eigenvalue weighted by Gasteiger charge is 2.30. The maximum absolute atomic E-state index is 12.0. The van der Waals surface area contributed by atoms with Gasteiger partial charge in [-0.05, 0) is 46.2 Å². The first kappa shape index (κ1) is 14.9. The normalized spacial score (nSPS) is 21.0. The average Bonchev–Trinajstić information content (AvgIpc) is 2.97. The number of H-pyrrole nitrogens is 1. The van der Waals surface area contributed by atoms with Crippen LogP contribution >= 0.6 is 0 Å². The smallest absolute Gasteiger partial charge is 0.410 e. The highest BCUT2D eigenvalue weighted by molar-refractivity contribution is 5.68. The van der Waals surface area contributed by atoms with E-state index in [0.717, 1.165) is 13.0 Å². The zero-order valence-corrected chi connectivity index (χ0v) is 12.8. The third-order valence-corrected chi connectivity index (χ3v) is 3.41. The molecule has 1 aliphatic heterocycles. The van der Waals surface area contributed by atoms with E-state index in [1.807, 2.05) is 33.0 Å². The summed E-state index contributed by atoms with van der Waals surface area (Å²) in [6, 6.07) is 4.64. The fourth-order valence-corrected chi connectivity index (χ4v) is 2.45. The molecule has 0 aromatic carbocycles. The number of hydrogen-bond donors (Lipinski definition) is 2. The summed E-state index contributed by atoms with van der Waals surface area (Å²) >= 11 is 0. The molecule has 112 valence electrons. The zero-order chi connectivity index (χ0) is 14.8. The van der Waals surface area contributed by atoms with E-state index >= 15 is 0 Å². The van der Waals surface area contributed by atoms with Crippen LogP contribution in [-0.4, -0.2) is 40.7 Å². The number of likely N-dealkylation sites (tertiary alicyclic amines) is 1. The maximum Gasteiger partial charge on any atom is 0.410 e. The number of carbonyl (C=O) groups is 1. The summed E-state index contributed by atoms with van der Waals surface area (Å²) in [7, 11) is 0. The van der Waals surface area contributed by atoms with Gasteiger partial charge in [0.2, 0.25) is 0 Å². The van der Waals surface area contributed by atoms with Gasteiger partial charge in [0.15, 0.2) is 0 Å². The Kier molecular flexibility index (Phi) is 4.38. The van der Waals surface area contributed by atoms with Crippen LogP contribution < -0.4 is 5.32 Å². The molecule has 1 saturated heterocycles. The molecular formula is C15H25N3O2. The van der Waals surface area contributed by atoms with Crippen molar-refractivity contribution in [3.8, 4) is 0 Å². The summed E-state index contributed by atoms with van der Waals surface area (Å²) in [6.07, 6.45) is 2.67. The second kappa shape index (κ2) is 5.87. The largest absolute Gasteiger partial charge is 0.444 e. The Bertz CT molecular complexity index is 436. The van der Waals surface area contributed by atoms with Gasteiger partial charge in [0, 0.05) is 37.1 Å². The summed E-state index contributed by atoms with van der Waals surface area (Å²) < 4.78 is 5.40. The Morgan fingerprint density at radius 1 is 1.55 bits per heavy atom. The van der Waals surface area contributed by atoms with Crippen LogP contribution in [0.2, 0.25) is 0 Å². The number of amides is 1. The molecule has 20 heavy (non-hydrogen) atoms. The van der Waals surface area contributed by atoms with Gasteiger partial charge in [-0.1, -0.05) is 0 Å². The van der Waals surface area contributed by atoms with Gasteiger partial charge in [-0.25, -0.2) is 4.79 Å². The minimum atomic E-state index is -0.430. The van der Waals surface area contributed by atoms with E-state index in [1.165, 1.54) is 5.69 Å². The summed E-state index contributed by atoms with van der Waals surface area (Å²) in [6.45, 7) is 9.27. The molecule has 5 heteroatoms. The van der Waals surface area contributed by atoms with Crippen molar-refractivity contribution in [1.82, 2.24) is 15.2 Å².